The quantitative estimate of drug-likeness (QED) is 0.246. The molecule has 0 bridgehead atoms. The Morgan fingerprint density at radius 3 is 2.30 bits per heavy atom. The molecule has 1 aromatic heterocycles. The van der Waals surface area contributed by atoms with Gasteiger partial charge in [-0.1, -0.05) is 36.4 Å². The first kappa shape index (κ1) is 32.5. The van der Waals surface area contributed by atoms with Gasteiger partial charge in [0.2, 0.25) is 11.2 Å². The number of esters is 1. The number of ether oxygens (including phenoxy) is 3. The van der Waals surface area contributed by atoms with Crippen LogP contribution in [0.3, 0.4) is 0 Å². The van der Waals surface area contributed by atoms with Crippen LogP contribution < -0.4 is 20.1 Å². The van der Waals surface area contributed by atoms with Crippen LogP contribution in [-0.2, 0) is 16.1 Å². The van der Waals surface area contributed by atoms with E-state index in [1.54, 1.807) is 58.0 Å². The fraction of sp³-hybridized carbons (Fsp3) is 0.290. The van der Waals surface area contributed by atoms with Crippen molar-refractivity contribution in [3.63, 3.8) is 0 Å². The summed E-state index contributed by atoms with van der Waals surface area (Å²) >= 11 is 0. The molecule has 2 aromatic carbocycles. The molecule has 12 heteroatoms. The van der Waals surface area contributed by atoms with Crippen molar-refractivity contribution in [2.24, 2.45) is 0 Å². The molecule has 0 saturated carbocycles. The summed E-state index contributed by atoms with van der Waals surface area (Å²) in [5.74, 6) is -4.64. The summed E-state index contributed by atoms with van der Waals surface area (Å²) in [6, 6.07) is 10.4. The molecule has 0 fully saturated rings. The van der Waals surface area contributed by atoms with Crippen molar-refractivity contribution in [2.75, 3.05) is 24.1 Å². The molecule has 10 nitrogen and oxygen atoms in total. The molecule has 43 heavy (non-hydrogen) atoms. The predicted molar refractivity (Wildman–Crippen MR) is 156 cm³/mol. The van der Waals surface area contributed by atoms with Crippen molar-refractivity contribution in [2.45, 2.75) is 45.9 Å². The van der Waals surface area contributed by atoms with Crippen molar-refractivity contribution in [3.8, 4) is 5.75 Å². The summed E-state index contributed by atoms with van der Waals surface area (Å²) in [7, 11) is 2.25. The number of aromatic nitrogens is 1. The molecule has 0 aliphatic carbocycles. The van der Waals surface area contributed by atoms with Gasteiger partial charge < -0.3 is 19.1 Å². The highest BCUT2D eigenvalue weighted by atomic mass is 19.1. The van der Waals surface area contributed by atoms with Gasteiger partial charge in [-0.3, -0.25) is 9.59 Å². The Bertz CT molecular complexity index is 1580. The van der Waals surface area contributed by atoms with Crippen LogP contribution in [0.4, 0.5) is 19.3 Å². The average molecular weight is 598 g/mol. The van der Waals surface area contributed by atoms with Crippen molar-refractivity contribution in [1.29, 1.82) is 0 Å². The summed E-state index contributed by atoms with van der Waals surface area (Å²) in [6.07, 6.45) is 1.35. The summed E-state index contributed by atoms with van der Waals surface area (Å²) < 4.78 is 45.5. The molecular weight excluding hydrogens is 564 g/mol. The number of anilines is 1. The zero-order chi connectivity index (χ0) is 32.1. The Kier molecular flexibility index (Phi) is 10.1. The molecule has 1 atom stereocenters. The highest BCUT2D eigenvalue weighted by molar-refractivity contribution is 6.06. The Morgan fingerprint density at radius 2 is 1.74 bits per heavy atom. The number of nitrogens with zero attached hydrogens (tertiary/aromatic N) is 3. The topological polar surface area (TPSA) is 107 Å². The van der Waals surface area contributed by atoms with E-state index in [1.165, 1.54) is 13.1 Å². The fourth-order valence-electron chi connectivity index (χ4n) is 3.95. The Morgan fingerprint density at radius 1 is 1.09 bits per heavy atom. The molecule has 2 amide bonds. The molecule has 0 N–H and O–H groups in total. The normalized spacial score (nSPS) is 11.7. The van der Waals surface area contributed by atoms with E-state index >= 15 is 0 Å². The largest absolute Gasteiger partial charge is 0.482 e. The van der Waals surface area contributed by atoms with Crippen molar-refractivity contribution in [1.82, 2.24) is 4.68 Å². The van der Waals surface area contributed by atoms with Crippen LogP contribution in [0.1, 0.15) is 54.1 Å². The molecule has 0 aliphatic heterocycles. The van der Waals surface area contributed by atoms with Gasteiger partial charge in [-0.2, -0.15) is 0 Å². The first-order chi connectivity index (χ1) is 20.2. The van der Waals surface area contributed by atoms with Gasteiger partial charge in [-0.05, 0) is 45.4 Å². The predicted octanol–water partition coefficient (Wildman–Crippen LogP) is 5.22. The molecule has 0 radical (unpaired) electrons. The van der Waals surface area contributed by atoms with E-state index in [1.807, 2.05) is 0 Å². The zero-order valence-electron chi connectivity index (χ0n) is 24.7. The number of hydrogen-bond donors (Lipinski definition) is 0. The summed E-state index contributed by atoms with van der Waals surface area (Å²) in [6.45, 7) is 9.96. The summed E-state index contributed by atoms with van der Waals surface area (Å²) in [5.41, 5.74) is -2.85. The number of pyridine rings is 1. The third kappa shape index (κ3) is 7.45. The van der Waals surface area contributed by atoms with Gasteiger partial charge >= 0.3 is 12.1 Å². The number of hydrogen-bond acceptors (Lipinski definition) is 7. The van der Waals surface area contributed by atoms with Crippen LogP contribution >= 0.6 is 0 Å². The molecule has 1 unspecified atom stereocenters. The van der Waals surface area contributed by atoms with Crippen LogP contribution in [0.5, 0.6) is 5.75 Å². The first-order valence-corrected chi connectivity index (χ1v) is 13.1. The number of carbonyl (C=O) groups excluding carboxylic acids is 3. The second-order valence-corrected chi connectivity index (χ2v) is 10.4. The summed E-state index contributed by atoms with van der Waals surface area (Å²) in [4.78, 5) is 55.1. The Labute approximate surface area is 247 Å². The van der Waals surface area contributed by atoms with E-state index in [-0.39, 0.29) is 12.3 Å². The minimum atomic E-state index is -1.07. The Hall–Kier alpha value is -5.00. The van der Waals surface area contributed by atoms with E-state index in [0.717, 1.165) is 40.0 Å². The fourth-order valence-corrected chi connectivity index (χ4v) is 3.95. The molecule has 228 valence electrons. The first-order valence-electron chi connectivity index (χ1n) is 13.1. The van der Waals surface area contributed by atoms with Gasteiger partial charge in [-0.15, -0.1) is 6.58 Å². The van der Waals surface area contributed by atoms with Gasteiger partial charge in [0.15, 0.2) is 5.69 Å². The maximum Gasteiger partial charge on any atom is 0.430 e. The molecule has 3 aromatic rings. The van der Waals surface area contributed by atoms with Crippen LogP contribution in [0.15, 0.2) is 72.2 Å². The van der Waals surface area contributed by atoms with E-state index < -0.39 is 63.7 Å². The van der Waals surface area contributed by atoms with Gasteiger partial charge in [-0.25, -0.2) is 28.1 Å². The average Bonchev–Trinajstić information content (AvgIpc) is 2.95. The minimum Gasteiger partial charge on any atom is -0.482 e. The molecule has 0 aliphatic rings. The smallest absolute Gasteiger partial charge is 0.430 e. The lowest BCUT2D eigenvalue weighted by atomic mass is 10.1. The van der Waals surface area contributed by atoms with E-state index in [9.17, 15) is 28.0 Å². The SMILES string of the molecule is C=CC(C)N(C(=O)OC(C)(C)C)n1cc(C(=O)N(C)c2ccc(F)cc2F)c(=O)c(OCc2ccccc2)c1C(=O)OC. The maximum atomic E-state index is 14.6. The van der Waals surface area contributed by atoms with Crippen molar-refractivity contribution in [3.05, 3.63) is 106 Å². The van der Waals surface area contributed by atoms with Crippen LogP contribution in [0, 0.1) is 11.6 Å². The van der Waals surface area contributed by atoms with Crippen LogP contribution in [0.25, 0.3) is 0 Å². The summed E-state index contributed by atoms with van der Waals surface area (Å²) in [5, 5.41) is 0.953. The lowest BCUT2D eigenvalue weighted by Crippen LogP contribution is -2.51. The van der Waals surface area contributed by atoms with E-state index in [0.29, 0.717) is 11.6 Å². The monoisotopic (exact) mass is 597 g/mol. The van der Waals surface area contributed by atoms with Crippen LogP contribution in [0.2, 0.25) is 0 Å². The molecule has 0 spiro atoms. The molecular formula is C31H33F2N3O7. The number of benzene rings is 2. The minimum absolute atomic E-state index is 0.205. The van der Waals surface area contributed by atoms with Crippen molar-refractivity contribution >= 4 is 23.7 Å². The second-order valence-electron chi connectivity index (χ2n) is 10.4. The van der Waals surface area contributed by atoms with Gasteiger partial charge in [0.25, 0.3) is 5.91 Å². The van der Waals surface area contributed by atoms with Crippen molar-refractivity contribution < 1.29 is 37.4 Å². The Balaban J connectivity index is 2.35. The maximum absolute atomic E-state index is 14.6. The molecule has 1 heterocycles. The number of amides is 2. The lowest BCUT2D eigenvalue weighted by Gasteiger charge is -2.33. The molecule has 3 rings (SSSR count). The third-order valence-electron chi connectivity index (χ3n) is 6.10. The van der Waals surface area contributed by atoms with Crippen LogP contribution in [-0.4, -0.2) is 48.4 Å². The number of halogens is 2. The third-order valence-corrected chi connectivity index (χ3v) is 6.10. The second kappa shape index (κ2) is 13.3. The van der Waals surface area contributed by atoms with E-state index in [2.05, 4.69) is 6.58 Å². The van der Waals surface area contributed by atoms with E-state index in [4.69, 9.17) is 14.2 Å². The number of carbonyl (C=O) groups is 3. The number of methoxy groups -OCH3 is 1. The van der Waals surface area contributed by atoms with Gasteiger partial charge in [0.05, 0.1) is 18.8 Å². The number of rotatable bonds is 9. The zero-order valence-corrected chi connectivity index (χ0v) is 24.7. The lowest BCUT2D eigenvalue weighted by molar-refractivity contribution is 0.0511. The van der Waals surface area contributed by atoms with Gasteiger partial charge in [0.1, 0.15) is 29.4 Å². The highest BCUT2D eigenvalue weighted by Gasteiger charge is 2.35. The molecule has 0 saturated heterocycles. The van der Waals surface area contributed by atoms with Gasteiger partial charge in [0, 0.05) is 19.3 Å². The standard InChI is InChI=1S/C31H33F2N3O7/c1-8-19(2)36(30(40)43-31(3,4)5)35-17-22(28(38)34(6)24-15-14-21(32)16-23(24)33)26(37)27(25(35)29(39)41-7)42-18-20-12-10-9-11-13-20/h8-17,19H,1,18H2,2-7H3. The highest BCUT2D eigenvalue weighted by Crippen LogP contribution is 2.25.